The minimum atomic E-state index is -0.916. The molecule has 0 radical (unpaired) electrons. The van der Waals surface area contributed by atoms with Gasteiger partial charge < -0.3 is 14.4 Å². The molecule has 3 heterocycles. The van der Waals surface area contributed by atoms with Crippen molar-refractivity contribution < 1.29 is 14.3 Å². The minimum absolute atomic E-state index is 0.187. The van der Waals surface area contributed by atoms with Crippen molar-refractivity contribution in [1.29, 1.82) is 0 Å². The van der Waals surface area contributed by atoms with Crippen LogP contribution < -0.4 is 0 Å². The molecule has 118 valence electrons. The fourth-order valence-corrected chi connectivity index (χ4v) is 3.29. The van der Waals surface area contributed by atoms with E-state index >= 15 is 0 Å². The van der Waals surface area contributed by atoms with Crippen molar-refractivity contribution in [2.24, 2.45) is 0 Å². The van der Waals surface area contributed by atoms with Crippen LogP contribution in [0, 0.1) is 0 Å². The Morgan fingerprint density at radius 2 is 2.23 bits per heavy atom. The number of rotatable bonds is 4. The molecule has 2 aromatic heterocycles. The van der Waals surface area contributed by atoms with Crippen LogP contribution in [0.5, 0.6) is 0 Å². The average Bonchev–Trinajstić information content (AvgIpc) is 3.18. The molecule has 0 bridgehead atoms. The van der Waals surface area contributed by atoms with Gasteiger partial charge in [-0.3, -0.25) is 9.69 Å². The summed E-state index contributed by atoms with van der Waals surface area (Å²) in [6.45, 7) is 5.18. The van der Waals surface area contributed by atoms with Gasteiger partial charge in [-0.15, -0.1) is 11.3 Å². The van der Waals surface area contributed by atoms with Crippen LogP contribution in [0.2, 0.25) is 0 Å². The molecule has 7 heteroatoms. The van der Waals surface area contributed by atoms with Crippen molar-refractivity contribution in [3.05, 3.63) is 29.5 Å². The summed E-state index contributed by atoms with van der Waals surface area (Å²) in [7, 11) is 0. The Morgan fingerprint density at radius 3 is 2.86 bits per heavy atom. The molecule has 1 N–H and O–H groups in total. The molecule has 22 heavy (non-hydrogen) atoms. The molecule has 0 aromatic carbocycles. The summed E-state index contributed by atoms with van der Waals surface area (Å²) in [5.41, 5.74) is 1.02. The minimum Gasteiger partial charge on any atom is -0.462 e. The number of thiazole rings is 1. The molecule has 1 amide bonds. The van der Waals surface area contributed by atoms with Crippen LogP contribution in [0.15, 0.2) is 28.2 Å². The van der Waals surface area contributed by atoms with Crippen molar-refractivity contribution in [2.75, 3.05) is 26.2 Å². The number of aromatic nitrogens is 1. The van der Waals surface area contributed by atoms with Gasteiger partial charge in [-0.2, -0.15) is 0 Å². The van der Waals surface area contributed by atoms with Gasteiger partial charge in [0, 0.05) is 38.1 Å². The molecule has 1 atom stereocenters. The first-order valence-corrected chi connectivity index (χ1v) is 8.19. The topological polar surface area (TPSA) is 69.8 Å². The number of carbonyl (C=O) groups is 1. The Hall–Kier alpha value is -1.70. The highest BCUT2D eigenvalue weighted by Crippen LogP contribution is 2.24. The summed E-state index contributed by atoms with van der Waals surface area (Å²) in [6, 6.07) is 3.76. The molecule has 0 aliphatic carbocycles. The van der Waals surface area contributed by atoms with E-state index in [4.69, 9.17) is 4.42 Å². The second kappa shape index (κ2) is 6.60. The van der Waals surface area contributed by atoms with Gasteiger partial charge in [-0.25, -0.2) is 4.98 Å². The fourth-order valence-electron chi connectivity index (χ4n) is 2.51. The molecule has 0 saturated carbocycles. The van der Waals surface area contributed by atoms with Crippen molar-refractivity contribution in [2.45, 2.75) is 19.6 Å². The molecule has 0 spiro atoms. The first-order valence-electron chi connectivity index (χ1n) is 7.31. The van der Waals surface area contributed by atoms with E-state index in [9.17, 15) is 9.90 Å². The monoisotopic (exact) mass is 321 g/mol. The summed E-state index contributed by atoms with van der Waals surface area (Å²) in [5.74, 6) is 0.608. The maximum atomic E-state index is 11.7. The normalized spacial score (nSPS) is 17.6. The molecule has 3 rings (SSSR count). The smallest absolute Gasteiger partial charge is 0.251 e. The van der Waals surface area contributed by atoms with Crippen LogP contribution in [-0.4, -0.2) is 58.1 Å². The van der Waals surface area contributed by atoms with Gasteiger partial charge >= 0.3 is 0 Å². The zero-order valence-electron chi connectivity index (χ0n) is 12.4. The van der Waals surface area contributed by atoms with E-state index < -0.39 is 6.10 Å². The molecule has 1 fully saturated rings. The average molecular weight is 321 g/mol. The highest BCUT2D eigenvalue weighted by Gasteiger charge is 2.24. The van der Waals surface area contributed by atoms with E-state index in [1.54, 1.807) is 22.5 Å². The van der Waals surface area contributed by atoms with Gasteiger partial charge in [0.2, 0.25) is 0 Å². The Labute approximate surface area is 133 Å². The quantitative estimate of drug-likeness (QED) is 0.922. The molecule has 1 unspecified atom stereocenters. The molecule has 2 aromatic rings. The second-order valence-corrected chi connectivity index (χ2v) is 6.26. The molecule has 6 nitrogen and oxygen atoms in total. The summed E-state index contributed by atoms with van der Waals surface area (Å²) >= 11 is 1.58. The van der Waals surface area contributed by atoms with Crippen LogP contribution in [0.4, 0.5) is 0 Å². The third-order valence-corrected chi connectivity index (χ3v) is 4.62. The van der Waals surface area contributed by atoms with Crippen molar-refractivity contribution in [1.82, 2.24) is 14.8 Å². The van der Waals surface area contributed by atoms with Crippen LogP contribution in [0.25, 0.3) is 10.8 Å². The fraction of sp³-hybridized carbons (Fsp3) is 0.467. The van der Waals surface area contributed by atoms with Crippen LogP contribution >= 0.6 is 11.3 Å². The highest BCUT2D eigenvalue weighted by atomic mass is 32.1. The van der Waals surface area contributed by atoms with E-state index in [1.165, 1.54) is 6.92 Å². The predicted molar refractivity (Wildman–Crippen MR) is 83.4 cm³/mol. The number of amides is 1. The lowest BCUT2D eigenvalue weighted by atomic mass is 10.2. The van der Waals surface area contributed by atoms with Crippen LogP contribution in [0.1, 0.15) is 12.6 Å². The van der Waals surface area contributed by atoms with E-state index in [0.29, 0.717) is 13.1 Å². The molecular weight excluding hydrogens is 302 g/mol. The maximum Gasteiger partial charge on any atom is 0.251 e. The van der Waals surface area contributed by atoms with Gasteiger partial charge in [0.1, 0.15) is 6.10 Å². The third-order valence-electron chi connectivity index (χ3n) is 3.71. The summed E-state index contributed by atoms with van der Waals surface area (Å²) in [4.78, 5) is 20.3. The van der Waals surface area contributed by atoms with Crippen molar-refractivity contribution in [3.8, 4) is 10.8 Å². The summed E-state index contributed by atoms with van der Waals surface area (Å²) < 4.78 is 5.35. The first kappa shape index (κ1) is 15.2. The number of hydrogen-bond acceptors (Lipinski definition) is 6. The molecule has 1 saturated heterocycles. The summed E-state index contributed by atoms with van der Waals surface area (Å²) in [6.07, 6.45) is 0.732. The number of carbonyl (C=O) groups excluding carboxylic acids is 1. The number of aliphatic hydroxyl groups excluding tert-OH is 1. The molecule has 1 aliphatic rings. The van der Waals surface area contributed by atoms with Crippen LogP contribution in [0.3, 0.4) is 0 Å². The number of piperazine rings is 1. The van der Waals surface area contributed by atoms with Gasteiger partial charge in [0.25, 0.3) is 5.91 Å². The maximum absolute atomic E-state index is 11.7. The zero-order chi connectivity index (χ0) is 15.5. The van der Waals surface area contributed by atoms with Crippen LogP contribution in [-0.2, 0) is 11.3 Å². The lowest BCUT2D eigenvalue weighted by Gasteiger charge is -2.34. The van der Waals surface area contributed by atoms with Gasteiger partial charge in [0.15, 0.2) is 10.8 Å². The summed E-state index contributed by atoms with van der Waals surface area (Å²) in [5, 5.41) is 12.3. The van der Waals surface area contributed by atoms with Crippen molar-refractivity contribution in [3.63, 3.8) is 0 Å². The molecule has 1 aliphatic heterocycles. The second-order valence-electron chi connectivity index (χ2n) is 5.40. The van der Waals surface area contributed by atoms with Gasteiger partial charge in [-0.05, 0) is 19.1 Å². The molecular formula is C15H19N3O3S. The number of hydrogen-bond donors (Lipinski definition) is 1. The highest BCUT2D eigenvalue weighted by molar-refractivity contribution is 7.13. The largest absolute Gasteiger partial charge is 0.462 e. The standard InChI is InChI=1S/C15H19N3O3S/c1-11(19)15(20)18-6-4-17(5-7-18)9-12-10-22-14(16-12)13-3-2-8-21-13/h2-3,8,10-11,19H,4-7,9H2,1H3. The Bertz CT molecular complexity index is 616. The number of furan rings is 1. The number of nitrogens with zero attached hydrogens (tertiary/aromatic N) is 3. The number of aliphatic hydroxyl groups is 1. The van der Waals surface area contributed by atoms with Gasteiger partial charge in [0.05, 0.1) is 12.0 Å². The Kier molecular flexibility index (Phi) is 4.56. The lowest BCUT2D eigenvalue weighted by Crippen LogP contribution is -2.50. The Morgan fingerprint density at radius 1 is 1.45 bits per heavy atom. The zero-order valence-corrected chi connectivity index (χ0v) is 13.3. The first-order chi connectivity index (χ1) is 10.6. The van der Waals surface area contributed by atoms with E-state index in [1.807, 2.05) is 17.5 Å². The lowest BCUT2D eigenvalue weighted by molar-refractivity contribution is -0.141. The van der Waals surface area contributed by atoms with Crippen molar-refractivity contribution >= 4 is 17.2 Å². The Balaban J connectivity index is 1.54. The SMILES string of the molecule is CC(O)C(=O)N1CCN(Cc2csc(-c3ccco3)n2)CC1. The van der Waals surface area contributed by atoms with E-state index in [-0.39, 0.29) is 5.91 Å². The van der Waals surface area contributed by atoms with E-state index in [0.717, 1.165) is 36.1 Å². The van der Waals surface area contributed by atoms with Gasteiger partial charge in [-0.1, -0.05) is 0 Å². The van der Waals surface area contributed by atoms with E-state index in [2.05, 4.69) is 9.88 Å². The third kappa shape index (κ3) is 3.37. The predicted octanol–water partition coefficient (Wildman–Crippen LogP) is 1.43.